The Kier molecular flexibility index (Phi) is 3.46. The van der Waals surface area contributed by atoms with E-state index in [1.165, 1.54) is 0 Å². The number of hydrogen-bond acceptors (Lipinski definition) is 4. The number of halogens is 2. The lowest BCUT2D eigenvalue weighted by Crippen LogP contribution is -2.03. The highest BCUT2D eigenvalue weighted by Gasteiger charge is 2.10. The molecule has 0 radical (unpaired) electrons. The molecule has 0 N–H and O–H groups in total. The van der Waals surface area contributed by atoms with Gasteiger partial charge in [-0.05, 0) is 24.3 Å². The summed E-state index contributed by atoms with van der Waals surface area (Å²) in [4.78, 5) is 8.58. The fraction of sp³-hybridized carbons (Fsp3) is 0.154. The van der Waals surface area contributed by atoms with Crippen LogP contribution in [-0.2, 0) is 13.7 Å². The number of fused-ring (bicyclic) bond motifs is 1. The topological polar surface area (TPSA) is 52.8 Å². The molecule has 2 heterocycles. The molecule has 3 aromatic rings. The largest absolute Gasteiger partial charge is 0.486 e. The molecular formula is C13H10Cl2N4O. The maximum Gasteiger partial charge on any atom is 0.170 e. The maximum atomic E-state index is 6.10. The first kappa shape index (κ1) is 13.1. The minimum Gasteiger partial charge on any atom is -0.486 e. The summed E-state index contributed by atoms with van der Waals surface area (Å²) < 4.78 is 7.24. The molecule has 20 heavy (non-hydrogen) atoms. The molecule has 7 heteroatoms. The van der Waals surface area contributed by atoms with Crippen molar-refractivity contribution in [1.82, 2.24) is 19.7 Å². The lowest BCUT2D eigenvalue weighted by Gasteiger charge is -2.06. The average molecular weight is 309 g/mol. The van der Waals surface area contributed by atoms with Crippen molar-refractivity contribution in [3.63, 3.8) is 0 Å². The Morgan fingerprint density at radius 2 is 1.90 bits per heavy atom. The summed E-state index contributed by atoms with van der Waals surface area (Å²) >= 11 is 11.9. The zero-order valence-corrected chi connectivity index (χ0v) is 12.1. The second-order valence-electron chi connectivity index (χ2n) is 4.18. The lowest BCUT2D eigenvalue weighted by atomic mass is 10.3. The summed E-state index contributed by atoms with van der Waals surface area (Å²) in [6, 6.07) is 7.09. The molecule has 0 fully saturated rings. The quantitative estimate of drug-likeness (QED) is 0.697. The van der Waals surface area contributed by atoms with Gasteiger partial charge in [-0.15, -0.1) is 0 Å². The van der Waals surface area contributed by atoms with Crippen LogP contribution in [-0.4, -0.2) is 19.7 Å². The van der Waals surface area contributed by atoms with Gasteiger partial charge in [0.05, 0.1) is 11.6 Å². The van der Waals surface area contributed by atoms with E-state index in [1.807, 2.05) is 0 Å². The van der Waals surface area contributed by atoms with E-state index in [1.54, 1.807) is 42.2 Å². The average Bonchev–Trinajstić information content (AvgIpc) is 2.81. The highest BCUT2D eigenvalue weighted by molar-refractivity contribution is 6.33. The van der Waals surface area contributed by atoms with Gasteiger partial charge in [0.15, 0.2) is 11.5 Å². The van der Waals surface area contributed by atoms with Gasteiger partial charge >= 0.3 is 0 Å². The van der Waals surface area contributed by atoms with E-state index >= 15 is 0 Å². The van der Waals surface area contributed by atoms with Crippen molar-refractivity contribution in [3.05, 3.63) is 46.5 Å². The van der Waals surface area contributed by atoms with Crippen LogP contribution < -0.4 is 4.74 Å². The Balaban J connectivity index is 1.83. The van der Waals surface area contributed by atoms with Crippen LogP contribution in [0.4, 0.5) is 0 Å². The molecule has 0 atom stereocenters. The zero-order valence-electron chi connectivity index (χ0n) is 10.5. The van der Waals surface area contributed by atoms with Crippen LogP contribution in [0.25, 0.3) is 11.0 Å². The molecule has 0 amide bonds. The normalized spacial score (nSPS) is 10.9. The number of aromatic nitrogens is 4. The predicted octanol–water partition coefficient (Wildman–Crippen LogP) is 3.25. The minimum atomic E-state index is 0.225. The molecule has 5 nitrogen and oxygen atoms in total. The second kappa shape index (κ2) is 5.26. The van der Waals surface area contributed by atoms with Crippen LogP contribution in [0.2, 0.25) is 10.2 Å². The van der Waals surface area contributed by atoms with E-state index in [-0.39, 0.29) is 6.61 Å². The van der Waals surface area contributed by atoms with E-state index < -0.39 is 0 Å². The molecule has 2 aromatic heterocycles. The van der Waals surface area contributed by atoms with Crippen LogP contribution >= 0.6 is 23.2 Å². The van der Waals surface area contributed by atoms with Crippen LogP contribution in [0.15, 0.2) is 30.5 Å². The third-order valence-electron chi connectivity index (χ3n) is 2.77. The first-order valence-corrected chi connectivity index (χ1v) is 6.61. The smallest absolute Gasteiger partial charge is 0.170 e. The fourth-order valence-electron chi connectivity index (χ4n) is 1.77. The Hall–Kier alpha value is -1.85. The van der Waals surface area contributed by atoms with E-state index in [0.717, 1.165) is 5.39 Å². The van der Waals surface area contributed by atoms with Crippen LogP contribution in [0.1, 0.15) is 5.82 Å². The van der Waals surface area contributed by atoms with Crippen LogP contribution in [0.3, 0.4) is 0 Å². The van der Waals surface area contributed by atoms with E-state index in [2.05, 4.69) is 15.1 Å². The Morgan fingerprint density at radius 3 is 2.65 bits per heavy atom. The van der Waals surface area contributed by atoms with Gasteiger partial charge in [0.25, 0.3) is 0 Å². The molecule has 1 aromatic carbocycles. The molecule has 0 unspecified atom stereocenters. The molecule has 0 aliphatic heterocycles. The SMILES string of the molecule is Cn1ncc2c(Cl)nc(COc3ccc(Cl)cc3)nc21. The number of aryl methyl sites for hydroxylation is 1. The standard InChI is InChI=1S/C13H10Cl2N4O/c1-19-13-10(6-16-19)12(15)17-11(18-13)7-20-9-4-2-8(14)3-5-9/h2-6H,7H2,1H3. The third-order valence-corrected chi connectivity index (χ3v) is 3.31. The van der Waals surface area contributed by atoms with Crippen molar-refractivity contribution < 1.29 is 4.74 Å². The van der Waals surface area contributed by atoms with Crippen molar-refractivity contribution >= 4 is 34.2 Å². The number of hydrogen-bond donors (Lipinski definition) is 0. The third kappa shape index (κ3) is 2.55. The molecular weight excluding hydrogens is 299 g/mol. The van der Waals surface area contributed by atoms with E-state index in [0.29, 0.717) is 27.4 Å². The highest BCUT2D eigenvalue weighted by atomic mass is 35.5. The summed E-state index contributed by atoms with van der Waals surface area (Å²) in [5, 5.41) is 5.86. The van der Waals surface area contributed by atoms with Gasteiger partial charge < -0.3 is 4.74 Å². The summed E-state index contributed by atoms with van der Waals surface area (Å²) in [7, 11) is 1.80. The van der Waals surface area contributed by atoms with Crippen LogP contribution in [0, 0.1) is 0 Å². The van der Waals surface area contributed by atoms with Crippen molar-refractivity contribution in [2.45, 2.75) is 6.61 Å². The second-order valence-corrected chi connectivity index (χ2v) is 4.97. The Morgan fingerprint density at radius 1 is 1.15 bits per heavy atom. The Bertz CT molecular complexity index is 755. The summed E-state index contributed by atoms with van der Waals surface area (Å²) in [5.41, 5.74) is 0.680. The molecule has 0 saturated carbocycles. The van der Waals surface area contributed by atoms with Gasteiger partial charge in [0.1, 0.15) is 17.5 Å². The van der Waals surface area contributed by atoms with Gasteiger partial charge in [-0.1, -0.05) is 23.2 Å². The first-order valence-electron chi connectivity index (χ1n) is 5.86. The maximum absolute atomic E-state index is 6.10. The fourth-order valence-corrected chi connectivity index (χ4v) is 2.13. The van der Waals surface area contributed by atoms with Crippen molar-refractivity contribution in [1.29, 1.82) is 0 Å². The minimum absolute atomic E-state index is 0.225. The monoisotopic (exact) mass is 308 g/mol. The number of nitrogens with zero attached hydrogens (tertiary/aromatic N) is 4. The van der Waals surface area contributed by atoms with Gasteiger partial charge in [-0.25, -0.2) is 9.97 Å². The van der Waals surface area contributed by atoms with Gasteiger partial charge in [-0.3, -0.25) is 4.68 Å². The Labute approximate surface area is 125 Å². The highest BCUT2D eigenvalue weighted by Crippen LogP contribution is 2.20. The molecule has 3 rings (SSSR count). The predicted molar refractivity (Wildman–Crippen MR) is 77.1 cm³/mol. The van der Waals surface area contributed by atoms with Gasteiger partial charge in [0.2, 0.25) is 0 Å². The first-order chi connectivity index (χ1) is 9.63. The molecule has 0 saturated heterocycles. The van der Waals surface area contributed by atoms with Crippen molar-refractivity contribution in [3.8, 4) is 5.75 Å². The number of benzene rings is 1. The van der Waals surface area contributed by atoms with E-state index in [4.69, 9.17) is 27.9 Å². The van der Waals surface area contributed by atoms with Crippen molar-refractivity contribution in [2.24, 2.45) is 7.05 Å². The summed E-state index contributed by atoms with van der Waals surface area (Å²) in [5.74, 6) is 1.19. The van der Waals surface area contributed by atoms with Crippen molar-refractivity contribution in [2.75, 3.05) is 0 Å². The molecule has 0 aliphatic carbocycles. The molecule has 0 aliphatic rings. The summed E-state index contributed by atoms with van der Waals surface area (Å²) in [6.07, 6.45) is 1.64. The summed E-state index contributed by atoms with van der Waals surface area (Å²) in [6.45, 7) is 0.225. The van der Waals surface area contributed by atoms with Crippen LogP contribution in [0.5, 0.6) is 5.75 Å². The zero-order chi connectivity index (χ0) is 14.1. The molecule has 0 spiro atoms. The molecule has 102 valence electrons. The molecule has 0 bridgehead atoms. The van der Waals surface area contributed by atoms with E-state index in [9.17, 15) is 0 Å². The lowest BCUT2D eigenvalue weighted by molar-refractivity contribution is 0.296. The number of rotatable bonds is 3. The van der Waals surface area contributed by atoms with Gasteiger partial charge in [0, 0.05) is 12.1 Å². The van der Waals surface area contributed by atoms with Gasteiger partial charge in [-0.2, -0.15) is 5.10 Å². The number of ether oxygens (including phenoxy) is 1.